The lowest BCUT2D eigenvalue weighted by Crippen LogP contribution is -2.22. The van der Waals surface area contributed by atoms with Crippen molar-refractivity contribution in [2.75, 3.05) is 37.8 Å². The van der Waals surface area contributed by atoms with Gasteiger partial charge < -0.3 is 15.5 Å². The van der Waals surface area contributed by atoms with Gasteiger partial charge in [-0.25, -0.2) is 4.98 Å². The van der Waals surface area contributed by atoms with Gasteiger partial charge in [0.2, 0.25) is 5.95 Å². The Kier molecular flexibility index (Phi) is 6.30. The van der Waals surface area contributed by atoms with E-state index in [1.807, 2.05) is 43.3 Å². The van der Waals surface area contributed by atoms with Crippen molar-refractivity contribution in [1.29, 1.82) is 0 Å². The molecule has 27 heavy (non-hydrogen) atoms. The number of aromatic nitrogens is 2. The van der Waals surface area contributed by atoms with Crippen molar-refractivity contribution < 1.29 is 13.2 Å². The van der Waals surface area contributed by atoms with E-state index >= 15 is 0 Å². The molecular formula is C19H26F3N5. The van der Waals surface area contributed by atoms with Crippen molar-refractivity contribution >= 4 is 17.5 Å². The molecular weight excluding hydrogens is 355 g/mol. The van der Waals surface area contributed by atoms with Crippen LogP contribution in [0, 0.1) is 0 Å². The minimum Gasteiger partial charge on any atom is -0.353 e. The Hall–Kier alpha value is -2.35. The lowest BCUT2D eigenvalue weighted by molar-refractivity contribution is -0.141. The first-order valence-corrected chi connectivity index (χ1v) is 8.67. The zero-order valence-corrected chi connectivity index (χ0v) is 16.3. The minimum absolute atomic E-state index is 0.000425. The molecule has 0 aliphatic carbocycles. The number of hydrogen-bond acceptors (Lipinski definition) is 5. The van der Waals surface area contributed by atoms with E-state index in [1.54, 1.807) is 0 Å². The molecule has 1 aromatic heterocycles. The molecule has 1 aromatic carbocycles. The normalized spacial score (nSPS) is 12.3. The van der Waals surface area contributed by atoms with Crippen LogP contribution in [0.3, 0.4) is 0 Å². The standard InChI is InChI=1S/C19H26F3N5/c1-18(2,3)13-6-8-14(9-7-13)24-16-12-15(19(20,21)22)25-17(26-16)23-10-11-27(4)5/h6-9,12H,10-11H2,1-5H3,(H2,23,24,25,26). The van der Waals surface area contributed by atoms with Crippen LogP contribution in [0.5, 0.6) is 0 Å². The summed E-state index contributed by atoms with van der Waals surface area (Å²) in [5, 5.41) is 5.77. The molecule has 2 rings (SSSR count). The smallest absolute Gasteiger partial charge is 0.353 e. The first-order valence-electron chi connectivity index (χ1n) is 8.67. The molecule has 0 unspecified atom stereocenters. The molecule has 0 atom stereocenters. The number of nitrogens with zero attached hydrogens (tertiary/aromatic N) is 3. The van der Waals surface area contributed by atoms with E-state index in [1.165, 1.54) is 0 Å². The number of alkyl halides is 3. The molecule has 8 heteroatoms. The minimum atomic E-state index is -4.55. The van der Waals surface area contributed by atoms with Crippen molar-refractivity contribution in [2.45, 2.75) is 32.4 Å². The fourth-order valence-corrected chi connectivity index (χ4v) is 2.33. The highest BCUT2D eigenvalue weighted by Gasteiger charge is 2.33. The van der Waals surface area contributed by atoms with Gasteiger partial charge in [0.05, 0.1) is 0 Å². The maximum Gasteiger partial charge on any atom is 0.433 e. The van der Waals surface area contributed by atoms with Gasteiger partial charge in [0.15, 0.2) is 5.69 Å². The van der Waals surface area contributed by atoms with Crippen molar-refractivity contribution in [2.24, 2.45) is 0 Å². The van der Waals surface area contributed by atoms with Gasteiger partial charge in [0.1, 0.15) is 5.82 Å². The van der Waals surface area contributed by atoms with Gasteiger partial charge in [0.25, 0.3) is 0 Å². The molecule has 2 N–H and O–H groups in total. The molecule has 1 heterocycles. The van der Waals surface area contributed by atoms with E-state index in [2.05, 4.69) is 41.4 Å². The van der Waals surface area contributed by atoms with E-state index in [0.29, 0.717) is 18.8 Å². The van der Waals surface area contributed by atoms with Crippen molar-refractivity contribution in [3.05, 3.63) is 41.6 Å². The van der Waals surface area contributed by atoms with Crippen LogP contribution in [0.15, 0.2) is 30.3 Å². The fraction of sp³-hybridized carbons (Fsp3) is 0.474. The number of hydrogen-bond donors (Lipinski definition) is 2. The quantitative estimate of drug-likeness (QED) is 0.771. The van der Waals surface area contributed by atoms with Crippen LogP contribution in [0.25, 0.3) is 0 Å². The number of halogens is 3. The monoisotopic (exact) mass is 381 g/mol. The Balaban J connectivity index is 2.23. The van der Waals surface area contributed by atoms with Crippen LogP contribution < -0.4 is 10.6 Å². The Morgan fingerprint density at radius 3 is 2.15 bits per heavy atom. The summed E-state index contributed by atoms with van der Waals surface area (Å²) in [5.41, 5.74) is 0.811. The maximum atomic E-state index is 13.2. The first-order chi connectivity index (χ1) is 12.4. The van der Waals surface area contributed by atoms with E-state index in [9.17, 15) is 13.2 Å². The summed E-state index contributed by atoms with van der Waals surface area (Å²) in [6, 6.07) is 8.47. The predicted molar refractivity (Wildman–Crippen MR) is 103 cm³/mol. The first kappa shape index (κ1) is 21.0. The number of likely N-dealkylation sites (N-methyl/N-ethyl adjacent to an activating group) is 1. The number of nitrogens with one attached hydrogen (secondary N) is 2. The predicted octanol–water partition coefficient (Wildman–Crippen LogP) is 4.51. The molecule has 0 spiro atoms. The lowest BCUT2D eigenvalue weighted by atomic mass is 9.87. The highest BCUT2D eigenvalue weighted by atomic mass is 19.4. The highest BCUT2D eigenvalue weighted by Crippen LogP contribution is 2.31. The second-order valence-corrected chi connectivity index (χ2v) is 7.64. The highest BCUT2D eigenvalue weighted by molar-refractivity contribution is 5.58. The SMILES string of the molecule is CN(C)CCNc1nc(Nc2ccc(C(C)(C)C)cc2)cc(C(F)(F)F)n1. The molecule has 0 amide bonds. The van der Waals surface area contributed by atoms with Gasteiger partial charge >= 0.3 is 6.18 Å². The third-order valence-corrected chi connectivity index (χ3v) is 3.88. The van der Waals surface area contributed by atoms with Crippen LogP contribution in [0.1, 0.15) is 32.0 Å². The van der Waals surface area contributed by atoms with Gasteiger partial charge in [0, 0.05) is 24.8 Å². The summed E-state index contributed by atoms with van der Waals surface area (Å²) in [6.07, 6.45) is -4.55. The average Bonchev–Trinajstić information content (AvgIpc) is 2.53. The summed E-state index contributed by atoms with van der Waals surface area (Å²) in [7, 11) is 3.76. The second kappa shape index (κ2) is 8.12. The topological polar surface area (TPSA) is 53.1 Å². The van der Waals surface area contributed by atoms with Crippen molar-refractivity contribution in [3.8, 4) is 0 Å². The zero-order valence-electron chi connectivity index (χ0n) is 16.3. The van der Waals surface area contributed by atoms with E-state index in [0.717, 1.165) is 11.6 Å². The van der Waals surface area contributed by atoms with Crippen LogP contribution in [0.2, 0.25) is 0 Å². The molecule has 148 valence electrons. The number of anilines is 3. The molecule has 0 saturated heterocycles. The molecule has 0 fully saturated rings. The molecule has 2 aromatic rings. The Labute approximate surface area is 158 Å². The zero-order chi connectivity index (χ0) is 20.2. The average molecular weight is 381 g/mol. The van der Waals surface area contributed by atoms with Gasteiger partial charge in [-0.15, -0.1) is 0 Å². The number of rotatable bonds is 6. The van der Waals surface area contributed by atoms with Gasteiger partial charge in [-0.3, -0.25) is 0 Å². The maximum absolute atomic E-state index is 13.2. The molecule has 0 radical (unpaired) electrons. The Morgan fingerprint density at radius 2 is 1.63 bits per heavy atom. The van der Waals surface area contributed by atoms with E-state index < -0.39 is 11.9 Å². The number of benzene rings is 1. The summed E-state index contributed by atoms with van der Waals surface area (Å²) in [4.78, 5) is 9.66. The fourth-order valence-electron chi connectivity index (χ4n) is 2.33. The summed E-state index contributed by atoms with van der Waals surface area (Å²) >= 11 is 0. The van der Waals surface area contributed by atoms with Crippen LogP contribution in [-0.2, 0) is 11.6 Å². The van der Waals surface area contributed by atoms with E-state index in [-0.39, 0.29) is 17.2 Å². The summed E-state index contributed by atoms with van der Waals surface area (Å²) in [6.45, 7) is 7.38. The lowest BCUT2D eigenvalue weighted by Gasteiger charge is -2.19. The third kappa shape index (κ3) is 6.39. The third-order valence-electron chi connectivity index (χ3n) is 3.88. The summed E-state index contributed by atoms with van der Waals surface area (Å²) in [5.74, 6) is 0.0358. The van der Waals surface area contributed by atoms with Crippen molar-refractivity contribution in [3.63, 3.8) is 0 Å². The molecule has 0 bridgehead atoms. The molecule has 0 aliphatic rings. The van der Waals surface area contributed by atoms with Crippen molar-refractivity contribution in [1.82, 2.24) is 14.9 Å². The van der Waals surface area contributed by atoms with Crippen LogP contribution in [0.4, 0.5) is 30.6 Å². The molecule has 0 saturated carbocycles. The van der Waals surface area contributed by atoms with Gasteiger partial charge in [-0.2, -0.15) is 18.2 Å². The van der Waals surface area contributed by atoms with E-state index in [4.69, 9.17) is 0 Å². The van der Waals surface area contributed by atoms with Gasteiger partial charge in [-0.05, 0) is 37.2 Å². The van der Waals surface area contributed by atoms with Crippen LogP contribution >= 0.6 is 0 Å². The largest absolute Gasteiger partial charge is 0.433 e. The van der Waals surface area contributed by atoms with Crippen LogP contribution in [-0.4, -0.2) is 42.1 Å². The van der Waals surface area contributed by atoms with Gasteiger partial charge in [-0.1, -0.05) is 32.9 Å². The Bertz CT molecular complexity index is 749. The molecule has 5 nitrogen and oxygen atoms in total. The second-order valence-electron chi connectivity index (χ2n) is 7.64. The summed E-state index contributed by atoms with van der Waals surface area (Å²) < 4.78 is 39.5. The molecule has 0 aliphatic heterocycles. The Morgan fingerprint density at radius 1 is 1.00 bits per heavy atom.